The number of fused-ring (bicyclic) bond motifs is 2. The monoisotopic (exact) mass is 650 g/mol. The Morgan fingerprint density at radius 1 is 0.725 bits per heavy atom. The molecule has 0 fully saturated rings. The maximum absolute atomic E-state index is 6.09. The molecular weight excluding hydrogens is 611 g/mol. The first-order valence-corrected chi connectivity index (χ1v) is 20.9. The molecule has 0 atom stereocenters. The van der Waals surface area contributed by atoms with Crippen molar-refractivity contribution in [1.82, 2.24) is 35.2 Å². The topological polar surface area (TPSA) is 172 Å². The first kappa shape index (κ1) is 36.2. The van der Waals surface area contributed by atoms with E-state index in [-0.39, 0.29) is 22.2 Å². The molecule has 0 aliphatic rings. The first-order valence-electron chi connectivity index (χ1n) is 12.3. The fraction of sp³-hybridized carbons (Fsp3) is 0.500. The number of hydrogen-bond donors (Lipinski definition) is 2. The van der Waals surface area contributed by atoms with E-state index in [1.807, 2.05) is 33.7 Å². The molecule has 4 aromatic heterocycles. The minimum absolute atomic E-state index is 0. The number of nitrogen functional groups attached to an aromatic ring is 1. The average Bonchev–Trinajstić information content (AvgIpc) is 3.37. The number of halogens is 3. The molecule has 0 saturated carbocycles. The van der Waals surface area contributed by atoms with Crippen LogP contribution in [0.15, 0.2) is 24.5 Å². The Morgan fingerprint density at radius 3 is 1.62 bits per heavy atom. The Morgan fingerprint density at radius 2 is 1.15 bits per heavy atom. The molecule has 7 N–H and O–H groups in total. The van der Waals surface area contributed by atoms with Crippen molar-refractivity contribution in [2.75, 3.05) is 18.9 Å². The van der Waals surface area contributed by atoms with Crippen molar-refractivity contribution in [3.05, 3.63) is 40.2 Å². The quantitative estimate of drug-likeness (QED) is 0.0861. The van der Waals surface area contributed by atoms with Crippen LogP contribution in [0.5, 0.6) is 0 Å². The number of ether oxygens (including phenoxy) is 2. The van der Waals surface area contributed by atoms with Gasteiger partial charge >= 0.3 is 0 Å². The van der Waals surface area contributed by atoms with Crippen molar-refractivity contribution in [2.45, 2.75) is 64.8 Å². The summed E-state index contributed by atoms with van der Waals surface area (Å²) in [6.07, 6.45) is 3.77. The second-order valence-corrected chi connectivity index (χ2v) is 23.7. The lowest BCUT2D eigenvalue weighted by Gasteiger charge is -2.15. The van der Waals surface area contributed by atoms with Gasteiger partial charge in [-0.15, -0.1) is 0 Å². The molecule has 0 aliphatic carbocycles. The van der Waals surface area contributed by atoms with Crippen molar-refractivity contribution in [3.8, 4) is 0 Å². The molecule has 4 heterocycles. The number of nitrogens with two attached hydrogens (primary N) is 1. The molecule has 40 heavy (non-hydrogen) atoms. The molecule has 0 bridgehead atoms. The van der Waals surface area contributed by atoms with Crippen molar-refractivity contribution in [3.63, 3.8) is 0 Å². The average molecular weight is 652 g/mol. The Kier molecular flexibility index (Phi) is 14.0. The second-order valence-electron chi connectivity index (χ2n) is 11.4. The van der Waals surface area contributed by atoms with Gasteiger partial charge in [-0.2, -0.15) is 4.98 Å². The minimum atomic E-state index is -1.05. The maximum Gasteiger partial charge on any atom is 0.225 e. The highest BCUT2D eigenvalue weighted by atomic mass is 35.5. The summed E-state index contributed by atoms with van der Waals surface area (Å²) >= 11 is 17.6. The molecule has 11 nitrogen and oxygen atoms in total. The van der Waals surface area contributed by atoms with Gasteiger partial charge in [0.25, 0.3) is 0 Å². The van der Waals surface area contributed by atoms with Crippen molar-refractivity contribution in [2.24, 2.45) is 0 Å². The Bertz CT molecular complexity index is 1270. The van der Waals surface area contributed by atoms with Crippen LogP contribution in [0.3, 0.4) is 0 Å². The van der Waals surface area contributed by atoms with Crippen LogP contribution < -0.4 is 11.9 Å². The van der Waals surface area contributed by atoms with Gasteiger partial charge < -0.3 is 36.0 Å². The normalized spacial score (nSPS) is 11.6. The predicted octanol–water partition coefficient (Wildman–Crippen LogP) is 6.37. The molecule has 0 unspecified atom stereocenters. The van der Waals surface area contributed by atoms with Crippen LogP contribution in [0.2, 0.25) is 67.1 Å². The third-order valence-electron chi connectivity index (χ3n) is 5.60. The van der Waals surface area contributed by atoms with Gasteiger partial charge in [-0.25, -0.2) is 15.0 Å². The van der Waals surface area contributed by atoms with Crippen LogP contribution >= 0.6 is 34.8 Å². The largest absolute Gasteiger partial charge is 0.412 e. The molecule has 4 rings (SSSR count). The number of nitrogens with zero attached hydrogens (tertiary/aromatic N) is 6. The van der Waals surface area contributed by atoms with Gasteiger partial charge in [0.2, 0.25) is 10.6 Å². The Balaban J connectivity index is 0.000000381. The summed E-state index contributed by atoms with van der Waals surface area (Å²) in [4.78, 5) is 16.2. The van der Waals surface area contributed by atoms with Crippen LogP contribution in [-0.2, 0) is 22.9 Å². The summed E-state index contributed by atoms with van der Waals surface area (Å²) in [5.74, 6) is 0.383. The van der Waals surface area contributed by atoms with E-state index in [1.165, 1.54) is 0 Å². The molecule has 4 aromatic rings. The van der Waals surface area contributed by atoms with Gasteiger partial charge in [-0.3, -0.25) is 0 Å². The van der Waals surface area contributed by atoms with Crippen LogP contribution in [0, 0.1) is 0 Å². The number of aromatic nitrogens is 6. The van der Waals surface area contributed by atoms with Crippen LogP contribution in [0.1, 0.15) is 0 Å². The minimum Gasteiger partial charge on any atom is -0.412 e. The summed E-state index contributed by atoms with van der Waals surface area (Å²) < 4.78 is 15.2. The van der Waals surface area contributed by atoms with E-state index in [9.17, 15) is 0 Å². The summed E-state index contributed by atoms with van der Waals surface area (Å²) in [6.45, 7) is 16.4. The molecule has 0 spiro atoms. The van der Waals surface area contributed by atoms with Gasteiger partial charge in [0.1, 0.15) is 24.5 Å². The molecule has 0 aliphatic heterocycles. The summed E-state index contributed by atoms with van der Waals surface area (Å²) in [5, 5.41) is 0.686. The molecular formula is C24H41Cl3N8O3Si2. The lowest BCUT2D eigenvalue weighted by Crippen LogP contribution is -2.22. The highest BCUT2D eigenvalue weighted by Crippen LogP contribution is 2.24. The fourth-order valence-electron chi connectivity index (χ4n) is 3.44. The van der Waals surface area contributed by atoms with Crippen molar-refractivity contribution in [1.29, 1.82) is 0 Å². The third kappa shape index (κ3) is 10.9. The van der Waals surface area contributed by atoms with Gasteiger partial charge in [-0.05, 0) is 47.4 Å². The summed E-state index contributed by atoms with van der Waals surface area (Å²) in [7, 11) is -2.11. The Labute approximate surface area is 252 Å². The van der Waals surface area contributed by atoms with Gasteiger partial charge in [0.15, 0.2) is 11.0 Å². The zero-order chi connectivity index (χ0) is 28.1. The summed E-state index contributed by atoms with van der Waals surface area (Å²) in [5.41, 5.74) is 8.89. The van der Waals surface area contributed by atoms with E-state index < -0.39 is 16.1 Å². The second kappa shape index (κ2) is 15.4. The molecule has 0 aromatic carbocycles. The fourth-order valence-corrected chi connectivity index (χ4v) is 5.64. The van der Waals surface area contributed by atoms with E-state index in [2.05, 4.69) is 59.2 Å². The standard InChI is InChI=1S/C12H17Cl2N3OSi.C12H19ClN4OSi.H3N.H2O/c1-19(2,3)7-6-18-8-17-5-4-9-10(17)11(13)16-12(14)15-9;1-19(2,3)7-6-18-8-17-5-4-9-10(17)11(14)16-12(13)15-9;;/h4-5H,6-8H2,1-3H3;4-5H,6-8H2,1-3H3,(H2,14,15,16);1H3;1H2. The van der Waals surface area contributed by atoms with Crippen LogP contribution in [0.4, 0.5) is 5.82 Å². The number of rotatable bonds is 10. The zero-order valence-corrected chi connectivity index (χ0v) is 28.2. The van der Waals surface area contributed by atoms with Gasteiger partial charge in [-0.1, -0.05) is 50.9 Å². The smallest absolute Gasteiger partial charge is 0.225 e. The summed E-state index contributed by atoms with van der Waals surface area (Å²) in [6, 6.07) is 6.00. The molecule has 224 valence electrons. The van der Waals surface area contributed by atoms with E-state index >= 15 is 0 Å². The lowest BCUT2D eigenvalue weighted by atomic mass is 10.4. The van der Waals surface area contributed by atoms with E-state index in [4.69, 9.17) is 50.0 Å². The predicted molar refractivity (Wildman–Crippen MR) is 171 cm³/mol. The number of hydrogen-bond acceptors (Lipinski definition) is 8. The SMILES string of the molecule is C[Si](C)(C)CCOCn1ccc2nc(Cl)nc(Cl)c21.C[Si](C)(C)CCOCn1ccc2nc(Cl)nc(N)c21.N.O. The van der Waals surface area contributed by atoms with Crippen LogP contribution in [-0.4, -0.2) is 63.9 Å². The zero-order valence-electron chi connectivity index (χ0n) is 24.0. The maximum atomic E-state index is 6.09. The van der Waals surface area contributed by atoms with Gasteiger partial charge in [0.05, 0.1) is 11.0 Å². The van der Waals surface area contributed by atoms with Gasteiger partial charge in [0, 0.05) is 41.8 Å². The first-order chi connectivity index (χ1) is 17.7. The van der Waals surface area contributed by atoms with E-state index in [1.54, 1.807) is 0 Å². The van der Waals surface area contributed by atoms with Crippen molar-refractivity contribution >= 4 is 78.8 Å². The molecule has 16 heteroatoms. The molecule has 0 amide bonds. The molecule has 0 saturated heterocycles. The van der Waals surface area contributed by atoms with Crippen LogP contribution in [0.25, 0.3) is 22.1 Å². The highest BCUT2D eigenvalue weighted by molar-refractivity contribution is 6.76. The lowest BCUT2D eigenvalue weighted by molar-refractivity contribution is 0.0901. The van der Waals surface area contributed by atoms with Crippen molar-refractivity contribution < 1.29 is 14.9 Å². The van der Waals surface area contributed by atoms with E-state index in [0.29, 0.717) is 24.4 Å². The highest BCUT2D eigenvalue weighted by Gasteiger charge is 2.14. The Hall–Kier alpha value is -1.82. The van der Waals surface area contributed by atoms with E-state index in [0.717, 1.165) is 47.4 Å². The molecule has 0 radical (unpaired) electrons. The number of anilines is 1. The third-order valence-corrected chi connectivity index (χ3v) is 9.61.